The first-order valence-electron chi connectivity index (χ1n) is 6.53. The number of rotatable bonds is 5. The van der Waals surface area contributed by atoms with Crippen molar-refractivity contribution in [2.24, 2.45) is 0 Å². The monoisotopic (exact) mass is 418 g/mol. The minimum atomic E-state index is -0.151. The Kier molecular flexibility index (Phi) is 5.57. The molecular weight excluding hydrogens is 404 g/mol. The Bertz CT molecular complexity index is 627. The summed E-state index contributed by atoms with van der Waals surface area (Å²) >= 11 is 8.41. The lowest BCUT2D eigenvalue weighted by Crippen LogP contribution is -2.22. The number of carbonyl (C=O) groups is 1. The molecule has 1 unspecified atom stereocenters. The van der Waals surface area contributed by atoms with Crippen LogP contribution in [0.2, 0.25) is 0 Å². The maximum atomic E-state index is 12.0. The lowest BCUT2D eigenvalue weighted by Gasteiger charge is -2.07. The molecule has 2 aromatic rings. The van der Waals surface area contributed by atoms with Gasteiger partial charge >= 0.3 is 0 Å². The van der Waals surface area contributed by atoms with E-state index in [1.54, 1.807) is 0 Å². The number of hydrogen-bond acceptors (Lipinski definition) is 3. The van der Waals surface area contributed by atoms with Crippen molar-refractivity contribution >= 4 is 64.5 Å². The Hall–Kier alpha value is -0.460. The molecule has 0 radical (unpaired) electrons. The number of carbonyl (C=O) groups excluding carboxylic acids is 1. The van der Waals surface area contributed by atoms with Gasteiger partial charge in [-0.25, -0.2) is 4.98 Å². The van der Waals surface area contributed by atoms with Crippen molar-refractivity contribution in [3.63, 3.8) is 0 Å². The van der Waals surface area contributed by atoms with Gasteiger partial charge in [0.15, 0.2) is 5.13 Å². The molecule has 1 atom stereocenters. The zero-order valence-electron chi connectivity index (χ0n) is 11.4. The summed E-state index contributed by atoms with van der Waals surface area (Å²) in [4.78, 5) is 16.4. The van der Waals surface area contributed by atoms with Crippen LogP contribution in [0.5, 0.6) is 0 Å². The van der Waals surface area contributed by atoms with Crippen LogP contribution in [0, 0.1) is 6.92 Å². The zero-order valence-corrected chi connectivity index (χ0v) is 15.4. The van der Waals surface area contributed by atoms with Gasteiger partial charge in [-0.1, -0.05) is 63.0 Å². The summed E-state index contributed by atoms with van der Waals surface area (Å²) in [6.45, 7) is 4.14. The van der Waals surface area contributed by atoms with E-state index in [2.05, 4.69) is 49.1 Å². The second kappa shape index (κ2) is 7.00. The minimum Gasteiger partial charge on any atom is -0.301 e. The third-order valence-corrected chi connectivity index (χ3v) is 5.23. The molecular formula is C14H16Br2N2OS. The first-order valence-corrected chi connectivity index (χ1v) is 9.05. The summed E-state index contributed by atoms with van der Waals surface area (Å²) in [5.74, 6) is -0.0192. The van der Waals surface area contributed by atoms with E-state index in [9.17, 15) is 4.79 Å². The van der Waals surface area contributed by atoms with Gasteiger partial charge in [-0.3, -0.25) is 4.79 Å². The van der Waals surface area contributed by atoms with Crippen molar-refractivity contribution in [3.05, 3.63) is 22.2 Å². The van der Waals surface area contributed by atoms with Gasteiger partial charge in [-0.05, 0) is 31.0 Å². The van der Waals surface area contributed by atoms with E-state index in [0.717, 1.165) is 39.5 Å². The predicted molar refractivity (Wildman–Crippen MR) is 92.9 cm³/mol. The lowest BCUT2D eigenvalue weighted by atomic mass is 10.2. The first-order chi connectivity index (χ1) is 9.51. The third-order valence-electron chi connectivity index (χ3n) is 2.98. The topological polar surface area (TPSA) is 42.0 Å². The SMILES string of the molecule is CCCCC(Br)C(=O)Nc1nc2c(C)cc(Br)cc2s1. The highest BCUT2D eigenvalue weighted by atomic mass is 79.9. The first kappa shape index (κ1) is 15.9. The number of aromatic nitrogens is 1. The van der Waals surface area contributed by atoms with Gasteiger partial charge < -0.3 is 5.32 Å². The number of anilines is 1. The third kappa shape index (κ3) is 3.80. The number of benzene rings is 1. The van der Waals surface area contributed by atoms with Gasteiger partial charge in [0, 0.05) is 4.47 Å². The standard InChI is InChI=1S/C14H16Br2N2OS/c1-3-4-5-10(16)13(19)18-14-17-12-8(2)6-9(15)7-11(12)20-14/h6-7,10H,3-5H2,1-2H3,(H,17,18,19). The van der Waals surface area contributed by atoms with Crippen LogP contribution in [-0.4, -0.2) is 15.7 Å². The number of unbranched alkanes of at least 4 members (excludes halogenated alkanes) is 1. The summed E-state index contributed by atoms with van der Waals surface area (Å²) in [5, 5.41) is 3.55. The molecule has 0 fully saturated rings. The predicted octanol–water partition coefficient (Wildman–Crippen LogP) is 5.26. The van der Waals surface area contributed by atoms with Crippen LogP contribution in [0.25, 0.3) is 10.2 Å². The van der Waals surface area contributed by atoms with Crippen LogP contribution < -0.4 is 5.32 Å². The molecule has 1 aromatic carbocycles. The number of nitrogens with one attached hydrogen (secondary N) is 1. The van der Waals surface area contributed by atoms with Crippen LogP contribution in [0.15, 0.2) is 16.6 Å². The van der Waals surface area contributed by atoms with Gasteiger partial charge in [0.1, 0.15) is 0 Å². The Morgan fingerprint density at radius 1 is 1.50 bits per heavy atom. The normalized spacial score (nSPS) is 12.6. The molecule has 1 N–H and O–H groups in total. The van der Waals surface area contributed by atoms with Crippen LogP contribution in [-0.2, 0) is 4.79 Å². The second-order valence-corrected chi connectivity index (χ2v) is 7.74. The van der Waals surface area contributed by atoms with Crippen molar-refractivity contribution in [3.8, 4) is 0 Å². The number of aryl methyl sites for hydroxylation is 1. The molecule has 0 aliphatic heterocycles. The van der Waals surface area contributed by atoms with E-state index in [1.807, 2.05) is 19.1 Å². The number of thiazole rings is 1. The molecule has 0 saturated heterocycles. The van der Waals surface area contributed by atoms with Crippen LogP contribution >= 0.6 is 43.2 Å². The Labute approximate surface area is 139 Å². The number of amides is 1. The van der Waals surface area contributed by atoms with E-state index in [-0.39, 0.29) is 10.7 Å². The molecule has 0 aliphatic rings. The fourth-order valence-corrected chi connectivity index (χ4v) is 4.05. The molecule has 20 heavy (non-hydrogen) atoms. The zero-order chi connectivity index (χ0) is 14.7. The van der Waals surface area contributed by atoms with E-state index in [0.29, 0.717) is 5.13 Å². The maximum Gasteiger partial charge on any atom is 0.239 e. The maximum absolute atomic E-state index is 12.0. The van der Waals surface area contributed by atoms with Gasteiger partial charge in [0.2, 0.25) is 5.91 Å². The molecule has 0 saturated carbocycles. The van der Waals surface area contributed by atoms with Crippen molar-refractivity contribution in [2.75, 3.05) is 5.32 Å². The largest absolute Gasteiger partial charge is 0.301 e. The second-order valence-electron chi connectivity index (χ2n) is 4.69. The summed E-state index contributed by atoms with van der Waals surface area (Å²) in [5.41, 5.74) is 2.06. The number of alkyl halides is 1. The average Bonchev–Trinajstić information content (AvgIpc) is 2.78. The fraction of sp³-hybridized carbons (Fsp3) is 0.429. The molecule has 6 heteroatoms. The average molecular weight is 420 g/mol. The van der Waals surface area contributed by atoms with Crippen LogP contribution in [0.1, 0.15) is 31.7 Å². The highest BCUT2D eigenvalue weighted by Crippen LogP contribution is 2.31. The number of fused-ring (bicyclic) bond motifs is 1. The Morgan fingerprint density at radius 2 is 2.25 bits per heavy atom. The molecule has 108 valence electrons. The number of nitrogens with zero attached hydrogens (tertiary/aromatic N) is 1. The molecule has 2 rings (SSSR count). The van der Waals surface area contributed by atoms with Crippen molar-refractivity contribution in [2.45, 2.75) is 37.9 Å². The highest BCUT2D eigenvalue weighted by molar-refractivity contribution is 9.10. The van der Waals surface area contributed by atoms with Crippen molar-refractivity contribution in [1.82, 2.24) is 4.98 Å². The summed E-state index contributed by atoms with van der Waals surface area (Å²) in [6, 6.07) is 4.06. The molecule has 3 nitrogen and oxygen atoms in total. The number of hydrogen-bond donors (Lipinski definition) is 1. The van der Waals surface area contributed by atoms with Gasteiger partial charge in [0.25, 0.3) is 0 Å². The molecule has 0 spiro atoms. The van der Waals surface area contributed by atoms with E-state index in [1.165, 1.54) is 11.3 Å². The summed E-state index contributed by atoms with van der Waals surface area (Å²) in [6.07, 6.45) is 2.97. The van der Waals surface area contributed by atoms with E-state index in [4.69, 9.17) is 0 Å². The van der Waals surface area contributed by atoms with Crippen molar-refractivity contribution < 1.29 is 4.79 Å². The van der Waals surface area contributed by atoms with E-state index < -0.39 is 0 Å². The van der Waals surface area contributed by atoms with Crippen LogP contribution in [0.3, 0.4) is 0 Å². The highest BCUT2D eigenvalue weighted by Gasteiger charge is 2.16. The molecule has 1 amide bonds. The van der Waals surface area contributed by atoms with E-state index >= 15 is 0 Å². The minimum absolute atomic E-state index is 0.0192. The smallest absolute Gasteiger partial charge is 0.239 e. The summed E-state index contributed by atoms with van der Waals surface area (Å²) < 4.78 is 2.11. The Morgan fingerprint density at radius 3 is 2.95 bits per heavy atom. The number of halogens is 2. The lowest BCUT2D eigenvalue weighted by molar-refractivity contribution is -0.115. The van der Waals surface area contributed by atoms with Gasteiger partial charge in [-0.15, -0.1) is 0 Å². The van der Waals surface area contributed by atoms with Crippen molar-refractivity contribution in [1.29, 1.82) is 0 Å². The van der Waals surface area contributed by atoms with Gasteiger partial charge in [-0.2, -0.15) is 0 Å². The molecule has 0 bridgehead atoms. The van der Waals surface area contributed by atoms with Crippen LogP contribution in [0.4, 0.5) is 5.13 Å². The van der Waals surface area contributed by atoms with Gasteiger partial charge in [0.05, 0.1) is 15.0 Å². The molecule has 1 heterocycles. The summed E-state index contributed by atoms with van der Waals surface area (Å²) in [7, 11) is 0. The quantitative estimate of drug-likeness (QED) is 0.671. The fourth-order valence-electron chi connectivity index (χ4n) is 1.91. The molecule has 1 aromatic heterocycles. The Balaban J connectivity index is 2.14. The molecule has 0 aliphatic carbocycles.